The molecule has 27 heavy (non-hydrogen) atoms. The van der Waals surface area contributed by atoms with Crippen molar-refractivity contribution in [2.75, 3.05) is 6.79 Å². The van der Waals surface area contributed by atoms with E-state index in [0.717, 1.165) is 44.1 Å². The summed E-state index contributed by atoms with van der Waals surface area (Å²) in [5, 5.41) is 14.3. The molecule has 0 spiro atoms. The highest BCUT2D eigenvalue weighted by Gasteiger charge is 2.21. The molecule has 132 valence electrons. The Morgan fingerprint density at radius 3 is 2.96 bits per heavy atom. The minimum atomic E-state index is 0.252. The van der Waals surface area contributed by atoms with Gasteiger partial charge in [-0.15, -0.1) is 10.2 Å². The largest absolute Gasteiger partial charge is 0.454 e. The van der Waals surface area contributed by atoms with Gasteiger partial charge >= 0.3 is 0 Å². The van der Waals surface area contributed by atoms with E-state index in [9.17, 15) is 0 Å². The number of benzene rings is 1. The molecular formula is C18H12N6O2S. The normalized spacial score (nSPS) is 13.1. The summed E-state index contributed by atoms with van der Waals surface area (Å²) in [7, 11) is 0. The second-order valence-corrected chi connectivity index (χ2v) is 7.12. The highest BCUT2D eigenvalue weighted by atomic mass is 32.1. The van der Waals surface area contributed by atoms with E-state index in [4.69, 9.17) is 14.6 Å². The highest BCUT2D eigenvalue weighted by Crippen LogP contribution is 2.37. The molecular weight excluding hydrogens is 364 g/mol. The Bertz CT molecular complexity index is 1330. The standard InChI is InChI=1S/C18H12N6O2S/c1-10-15(23-7-3-2-4-14(23)19-10)16-20-21-18-24(16)22-17(27-18)11-5-6-12-13(8-11)26-9-25-12/h2-8H,9H2,1H3. The molecule has 1 aliphatic heterocycles. The van der Waals surface area contributed by atoms with Crippen LogP contribution in [0.3, 0.4) is 0 Å². The summed E-state index contributed by atoms with van der Waals surface area (Å²) in [6.07, 6.45) is 1.97. The molecule has 0 aliphatic carbocycles. The monoisotopic (exact) mass is 376 g/mol. The lowest BCUT2D eigenvalue weighted by atomic mass is 10.2. The third-order valence-electron chi connectivity index (χ3n) is 4.53. The molecule has 8 nitrogen and oxygen atoms in total. The predicted molar refractivity (Wildman–Crippen MR) is 99.1 cm³/mol. The van der Waals surface area contributed by atoms with Crippen molar-refractivity contribution in [3.8, 4) is 33.6 Å². The zero-order valence-corrected chi connectivity index (χ0v) is 15.0. The average molecular weight is 376 g/mol. The summed E-state index contributed by atoms with van der Waals surface area (Å²) in [6, 6.07) is 11.7. The number of aromatic nitrogens is 6. The van der Waals surface area contributed by atoms with E-state index >= 15 is 0 Å². The fraction of sp³-hybridized carbons (Fsp3) is 0.111. The quantitative estimate of drug-likeness (QED) is 0.471. The second-order valence-electron chi connectivity index (χ2n) is 6.17. The Balaban J connectivity index is 1.53. The third kappa shape index (κ3) is 2.08. The van der Waals surface area contributed by atoms with E-state index < -0.39 is 0 Å². The maximum absolute atomic E-state index is 5.47. The third-order valence-corrected chi connectivity index (χ3v) is 5.47. The smallest absolute Gasteiger partial charge is 0.235 e. The van der Waals surface area contributed by atoms with Gasteiger partial charge in [0.15, 0.2) is 11.5 Å². The summed E-state index contributed by atoms with van der Waals surface area (Å²) in [6.45, 7) is 2.22. The van der Waals surface area contributed by atoms with Gasteiger partial charge in [0, 0.05) is 11.8 Å². The molecule has 0 atom stereocenters. The summed E-state index contributed by atoms with van der Waals surface area (Å²) in [5.41, 5.74) is 3.59. The van der Waals surface area contributed by atoms with E-state index in [-0.39, 0.29) is 6.79 Å². The van der Waals surface area contributed by atoms with Crippen molar-refractivity contribution in [3.63, 3.8) is 0 Å². The van der Waals surface area contributed by atoms with Crippen LogP contribution in [0.15, 0.2) is 42.6 Å². The number of imidazole rings is 1. The minimum absolute atomic E-state index is 0.252. The van der Waals surface area contributed by atoms with Gasteiger partial charge in [-0.2, -0.15) is 9.61 Å². The van der Waals surface area contributed by atoms with Crippen molar-refractivity contribution in [2.24, 2.45) is 0 Å². The number of pyridine rings is 1. The predicted octanol–water partition coefficient (Wildman–Crippen LogP) is 3.20. The van der Waals surface area contributed by atoms with Crippen LogP contribution in [0.4, 0.5) is 0 Å². The van der Waals surface area contributed by atoms with E-state index in [2.05, 4.69) is 15.2 Å². The van der Waals surface area contributed by atoms with Crippen LogP contribution in [0.25, 0.3) is 32.7 Å². The van der Waals surface area contributed by atoms with Crippen molar-refractivity contribution in [3.05, 3.63) is 48.3 Å². The molecule has 0 amide bonds. The summed E-state index contributed by atoms with van der Waals surface area (Å²) in [4.78, 5) is 5.33. The van der Waals surface area contributed by atoms with Crippen LogP contribution in [0.5, 0.6) is 11.5 Å². The van der Waals surface area contributed by atoms with Crippen LogP contribution in [0, 0.1) is 6.92 Å². The molecule has 1 aliphatic rings. The lowest BCUT2D eigenvalue weighted by Gasteiger charge is -2.00. The molecule has 5 aromatic rings. The van der Waals surface area contributed by atoms with Crippen LogP contribution in [-0.2, 0) is 0 Å². The second kappa shape index (κ2) is 5.27. The number of fused-ring (bicyclic) bond motifs is 3. The van der Waals surface area contributed by atoms with E-state index in [0.29, 0.717) is 5.82 Å². The lowest BCUT2D eigenvalue weighted by Crippen LogP contribution is -1.96. The van der Waals surface area contributed by atoms with Gasteiger partial charge in [-0.3, -0.25) is 4.40 Å². The first-order chi connectivity index (χ1) is 13.3. The van der Waals surface area contributed by atoms with E-state index in [1.165, 1.54) is 11.3 Å². The van der Waals surface area contributed by atoms with E-state index in [1.807, 2.05) is 53.9 Å². The Morgan fingerprint density at radius 1 is 1.07 bits per heavy atom. The number of rotatable bonds is 2. The van der Waals surface area contributed by atoms with Gasteiger partial charge < -0.3 is 9.47 Å². The van der Waals surface area contributed by atoms with Gasteiger partial charge in [0.1, 0.15) is 16.3 Å². The lowest BCUT2D eigenvalue weighted by molar-refractivity contribution is 0.174. The Hall–Kier alpha value is -3.46. The highest BCUT2D eigenvalue weighted by molar-refractivity contribution is 7.19. The first-order valence-corrected chi connectivity index (χ1v) is 9.16. The molecule has 0 saturated carbocycles. The van der Waals surface area contributed by atoms with Crippen LogP contribution >= 0.6 is 11.3 Å². The molecule has 0 radical (unpaired) electrons. The van der Waals surface area contributed by atoms with Gasteiger partial charge in [-0.05, 0) is 37.3 Å². The Kier molecular flexibility index (Phi) is 2.87. The molecule has 1 aromatic carbocycles. The van der Waals surface area contributed by atoms with Crippen molar-refractivity contribution < 1.29 is 9.47 Å². The number of hydrogen-bond donors (Lipinski definition) is 0. The van der Waals surface area contributed by atoms with Gasteiger partial charge in [-0.1, -0.05) is 17.4 Å². The number of nitrogens with zero attached hydrogens (tertiary/aromatic N) is 6. The summed E-state index contributed by atoms with van der Waals surface area (Å²) < 4.78 is 14.6. The van der Waals surface area contributed by atoms with Gasteiger partial charge in [0.05, 0.1) is 5.69 Å². The first-order valence-electron chi connectivity index (χ1n) is 8.34. The summed E-state index contributed by atoms with van der Waals surface area (Å²) in [5.74, 6) is 2.16. The zero-order chi connectivity index (χ0) is 18.0. The fourth-order valence-corrected chi connectivity index (χ4v) is 4.13. The minimum Gasteiger partial charge on any atom is -0.454 e. The molecule has 0 bridgehead atoms. The number of ether oxygens (including phenoxy) is 2. The Labute approximate surface area is 156 Å². The fourth-order valence-electron chi connectivity index (χ4n) is 3.29. The zero-order valence-electron chi connectivity index (χ0n) is 14.2. The van der Waals surface area contributed by atoms with Gasteiger partial charge in [0.2, 0.25) is 17.6 Å². The molecule has 0 saturated heterocycles. The molecule has 9 heteroatoms. The van der Waals surface area contributed by atoms with Gasteiger partial charge in [0.25, 0.3) is 0 Å². The van der Waals surface area contributed by atoms with Crippen LogP contribution < -0.4 is 9.47 Å². The number of aryl methyl sites for hydroxylation is 1. The number of hydrogen-bond acceptors (Lipinski definition) is 7. The van der Waals surface area contributed by atoms with Crippen molar-refractivity contribution >= 4 is 21.9 Å². The topological polar surface area (TPSA) is 78.8 Å². The SMILES string of the molecule is Cc1nc2ccccn2c1-c1nnc2sc(-c3ccc4c(c3)OCO4)nn12. The summed E-state index contributed by atoms with van der Waals surface area (Å²) >= 11 is 1.48. The van der Waals surface area contributed by atoms with Crippen molar-refractivity contribution in [2.45, 2.75) is 6.92 Å². The molecule has 4 aromatic heterocycles. The molecule has 0 unspecified atom stereocenters. The van der Waals surface area contributed by atoms with Crippen molar-refractivity contribution in [1.82, 2.24) is 29.2 Å². The average Bonchev–Trinajstić information content (AvgIpc) is 3.42. The van der Waals surface area contributed by atoms with Crippen LogP contribution in [0.1, 0.15) is 5.69 Å². The molecule has 0 fully saturated rings. The Morgan fingerprint density at radius 2 is 2.00 bits per heavy atom. The first kappa shape index (κ1) is 14.7. The van der Waals surface area contributed by atoms with Crippen LogP contribution in [0.2, 0.25) is 0 Å². The maximum atomic E-state index is 5.47. The van der Waals surface area contributed by atoms with Gasteiger partial charge in [-0.25, -0.2) is 4.98 Å². The van der Waals surface area contributed by atoms with Crippen LogP contribution in [-0.4, -0.2) is 36.0 Å². The van der Waals surface area contributed by atoms with E-state index in [1.54, 1.807) is 4.52 Å². The maximum Gasteiger partial charge on any atom is 0.235 e. The molecule has 6 rings (SSSR count). The molecule has 5 heterocycles. The molecule has 0 N–H and O–H groups in total. The van der Waals surface area contributed by atoms with Crippen molar-refractivity contribution in [1.29, 1.82) is 0 Å².